The van der Waals surface area contributed by atoms with Crippen LogP contribution in [0.2, 0.25) is 0 Å². The lowest BCUT2D eigenvalue weighted by molar-refractivity contribution is -0.120. The Hall–Kier alpha value is -3.73. The Kier molecular flexibility index (Phi) is 9.17. The molecule has 0 heterocycles. The summed E-state index contributed by atoms with van der Waals surface area (Å²) in [4.78, 5) is 24.6. The molecule has 31 heavy (non-hydrogen) atoms. The summed E-state index contributed by atoms with van der Waals surface area (Å²) in [5.41, 5.74) is 1.61. The molecular weight excluding hydrogens is 398 g/mol. The number of rotatable bonds is 11. The van der Waals surface area contributed by atoms with E-state index in [4.69, 9.17) is 19.5 Å². The van der Waals surface area contributed by atoms with Gasteiger partial charge in [0, 0.05) is 17.8 Å². The van der Waals surface area contributed by atoms with E-state index in [0.717, 1.165) is 0 Å². The van der Waals surface area contributed by atoms with Gasteiger partial charge >= 0.3 is 0 Å². The summed E-state index contributed by atoms with van der Waals surface area (Å²) in [5, 5.41) is 14.1. The van der Waals surface area contributed by atoms with E-state index in [1.165, 1.54) is 0 Å². The minimum atomic E-state index is -0.377. The van der Waals surface area contributed by atoms with Crippen LogP contribution < -0.4 is 24.8 Å². The number of nitriles is 1. The van der Waals surface area contributed by atoms with E-state index < -0.39 is 0 Å². The molecule has 2 rings (SSSR count). The monoisotopic (exact) mass is 425 g/mol. The number of anilines is 1. The molecule has 2 aromatic carbocycles. The molecule has 0 aliphatic rings. The highest BCUT2D eigenvalue weighted by molar-refractivity contribution is 6.05. The molecule has 0 atom stereocenters. The molecule has 0 unspecified atom stereocenters. The standard InChI is InChI=1S/C23H27N3O5/c1-4-29-19-13-17(14-20(30-5-2)22(19)31-6-3)23(28)26-18-10-8-7-9-16(18)15-25-21(27)11-12-24/h7-10,13-14H,4-6,11,15H2,1-3H3,(H,25,27)(H,26,28). The Bertz CT molecular complexity index is 925. The van der Waals surface area contributed by atoms with Gasteiger partial charge < -0.3 is 24.8 Å². The van der Waals surface area contributed by atoms with Gasteiger partial charge in [-0.05, 0) is 44.5 Å². The van der Waals surface area contributed by atoms with Gasteiger partial charge in [-0.3, -0.25) is 9.59 Å². The van der Waals surface area contributed by atoms with Crippen molar-refractivity contribution >= 4 is 17.5 Å². The number of benzene rings is 2. The first-order valence-corrected chi connectivity index (χ1v) is 10.1. The van der Waals surface area contributed by atoms with Crippen molar-refractivity contribution in [2.24, 2.45) is 0 Å². The van der Waals surface area contributed by atoms with Gasteiger partial charge in [-0.25, -0.2) is 0 Å². The summed E-state index contributed by atoms with van der Waals surface area (Å²) in [6.45, 7) is 6.98. The van der Waals surface area contributed by atoms with Gasteiger partial charge in [0.2, 0.25) is 11.7 Å². The van der Waals surface area contributed by atoms with Crippen LogP contribution in [0.25, 0.3) is 0 Å². The number of carbonyl (C=O) groups excluding carboxylic acids is 2. The summed E-state index contributed by atoms with van der Waals surface area (Å²) in [5.74, 6) is 0.581. The molecule has 0 bridgehead atoms. The Balaban J connectivity index is 2.29. The minimum Gasteiger partial charge on any atom is -0.490 e. The van der Waals surface area contributed by atoms with Crippen LogP contribution in [0.15, 0.2) is 36.4 Å². The lowest BCUT2D eigenvalue weighted by Crippen LogP contribution is -2.23. The molecule has 2 N–H and O–H groups in total. The lowest BCUT2D eigenvalue weighted by Gasteiger charge is -2.17. The second-order valence-electron chi connectivity index (χ2n) is 6.32. The molecule has 0 fully saturated rings. The zero-order valence-electron chi connectivity index (χ0n) is 18.0. The molecule has 0 aliphatic heterocycles. The average Bonchev–Trinajstić information content (AvgIpc) is 2.75. The number of nitrogens with zero attached hydrogens (tertiary/aromatic N) is 1. The summed E-state index contributed by atoms with van der Waals surface area (Å²) < 4.78 is 17.0. The predicted molar refractivity (Wildman–Crippen MR) is 116 cm³/mol. The first-order chi connectivity index (χ1) is 15.0. The van der Waals surface area contributed by atoms with Crippen molar-refractivity contribution in [3.8, 4) is 23.3 Å². The summed E-state index contributed by atoms with van der Waals surface area (Å²) in [6, 6.07) is 12.1. The maximum Gasteiger partial charge on any atom is 0.255 e. The van der Waals surface area contributed by atoms with Gasteiger partial charge in [0.05, 0.1) is 25.9 Å². The molecule has 0 spiro atoms. The third kappa shape index (κ3) is 6.64. The van der Waals surface area contributed by atoms with Crippen molar-refractivity contribution in [2.45, 2.75) is 33.7 Å². The molecule has 0 saturated carbocycles. The fourth-order valence-electron chi connectivity index (χ4n) is 2.84. The molecule has 0 aliphatic carbocycles. The van der Waals surface area contributed by atoms with Crippen LogP contribution in [0.3, 0.4) is 0 Å². The van der Waals surface area contributed by atoms with Crippen molar-refractivity contribution in [2.75, 3.05) is 25.1 Å². The summed E-state index contributed by atoms with van der Waals surface area (Å²) in [7, 11) is 0. The number of nitrogens with one attached hydrogen (secondary N) is 2. The first kappa shape index (κ1) is 23.5. The quantitative estimate of drug-likeness (QED) is 0.569. The average molecular weight is 425 g/mol. The minimum absolute atomic E-state index is 0.189. The Morgan fingerprint density at radius 2 is 1.58 bits per heavy atom. The fourth-order valence-corrected chi connectivity index (χ4v) is 2.84. The van der Waals surface area contributed by atoms with Gasteiger partial charge in [0.15, 0.2) is 11.5 Å². The second-order valence-corrected chi connectivity index (χ2v) is 6.32. The van der Waals surface area contributed by atoms with Crippen LogP contribution in [0.1, 0.15) is 43.1 Å². The van der Waals surface area contributed by atoms with E-state index in [2.05, 4.69) is 10.6 Å². The van der Waals surface area contributed by atoms with Crippen molar-refractivity contribution in [1.29, 1.82) is 5.26 Å². The normalized spacial score (nSPS) is 10.0. The van der Waals surface area contributed by atoms with Gasteiger partial charge in [-0.2, -0.15) is 5.26 Å². The Labute approximate surface area is 182 Å². The third-order valence-corrected chi connectivity index (χ3v) is 4.15. The smallest absolute Gasteiger partial charge is 0.255 e. The number of ether oxygens (including phenoxy) is 3. The zero-order chi connectivity index (χ0) is 22.6. The second kappa shape index (κ2) is 12.1. The molecule has 8 nitrogen and oxygen atoms in total. The van der Waals surface area contributed by atoms with Crippen LogP contribution in [0, 0.1) is 11.3 Å². The van der Waals surface area contributed by atoms with Gasteiger partial charge in [0.25, 0.3) is 5.91 Å². The number of amides is 2. The number of carbonyl (C=O) groups is 2. The topological polar surface area (TPSA) is 110 Å². The highest BCUT2D eigenvalue weighted by Crippen LogP contribution is 2.39. The Morgan fingerprint density at radius 3 is 2.16 bits per heavy atom. The molecule has 0 aromatic heterocycles. The molecule has 0 radical (unpaired) electrons. The lowest BCUT2D eigenvalue weighted by atomic mass is 10.1. The van der Waals surface area contributed by atoms with Crippen LogP contribution >= 0.6 is 0 Å². The number of hydrogen-bond acceptors (Lipinski definition) is 6. The first-order valence-electron chi connectivity index (χ1n) is 10.1. The van der Waals surface area contributed by atoms with E-state index in [0.29, 0.717) is 53.9 Å². The highest BCUT2D eigenvalue weighted by Gasteiger charge is 2.19. The van der Waals surface area contributed by atoms with E-state index in [1.54, 1.807) is 42.5 Å². The maximum atomic E-state index is 13.0. The largest absolute Gasteiger partial charge is 0.490 e. The van der Waals surface area contributed by atoms with Gasteiger partial charge in [0.1, 0.15) is 6.42 Å². The van der Waals surface area contributed by atoms with Gasteiger partial charge in [-0.1, -0.05) is 18.2 Å². The Morgan fingerprint density at radius 1 is 0.968 bits per heavy atom. The number of hydrogen-bond donors (Lipinski definition) is 2. The fraction of sp³-hybridized carbons (Fsp3) is 0.348. The highest BCUT2D eigenvalue weighted by atomic mass is 16.5. The molecule has 8 heteroatoms. The van der Waals surface area contributed by atoms with Crippen LogP contribution in [-0.2, 0) is 11.3 Å². The van der Waals surface area contributed by atoms with E-state index in [9.17, 15) is 9.59 Å². The van der Waals surface area contributed by atoms with E-state index in [1.807, 2.05) is 20.8 Å². The van der Waals surface area contributed by atoms with E-state index >= 15 is 0 Å². The molecule has 0 saturated heterocycles. The summed E-state index contributed by atoms with van der Waals surface area (Å²) >= 11 is 0. The maximum absolute atomic E-state index is 13.0. The van der Waals surface area contributed by atoms with Crippen molar-refractivity contribution < 1.29 is 23.8 Å². The zero-order valence-corrected chi connectivity index (χ0v) is 18.0. The van der Waals surface area contributed by atoms with Crippen LogP contribution in [-0.4, -0.2) is 31.6 Å². The van der Waals surface area contributed by atoms with Crippen molar-refractivity contribution in [3.63, 3.8) is 0 Å². The summed E-state index contributed by atoms with van der Waals surface area (Å²) in [6.07, 6.45) is -0.221. The molecule has 2 amide bonds. The predicted octanol–water partition coefficient (Wildman–Crippen LogP) is 3.66. The molecular formula is C23H27N3O5. The van der Waals surface area contributed by atoms with E-state index in [-0.39, 0.29) is 24.8 Å². The third-order valence-electron chi connectivity index (χ3n) is 4.15. The van der Waals surface area contributed by atoms with Crippen molar-refractivity contribution in [1.82, 2.24) is 5.32 Å². The number of para-hydroxylation sites is 1. The SMILES string of the molecule is CCOc1cc(C(=O)Nc2ccccc2CNC(=O)CC#N)cc(OCC)c1OCC. The van der Waals surface area contributed by atoms with Gasteiger partial charge in [-0.15, -0.1) is 0 Å². The van der Waals surface area contributed by atoms with Crippen LogP contribution in [0.4, 0.5) is 5.69 Å². The van der Waals surface area contributed by atoms with Crippen molar-refractivity contribution in [3.05, 3.63) is 47.5 Å². The molecule has 164 valence electrons. The molecule has 2 aromatic rings. The van der Waals surface area contributed by atoms with Crippen LogP contribution in [0.5, 0.6) is 17.2 Å².